The number of fused-ring (bicyclic) bond motifs is 1. The molecule has 3 aliphatic rings. The predicted octanol–water partition coefficient (Wildman–Crippen LogP) is 1.77. The average Bonchev–Trinajstić information content (AvgIpc) is 2.93. The highest BCUT2D eigenvalue weighted by molar-refractivity contribution is 6.10. The first-order valence-electron chi connectivity index (χ1n) is 11.0. The van der Waals surface area contributed by atoms with Gasteiger partial charge in [0.25, 0.3) is 5.91 Å². The van der Waals surface area contributed by atoms with Crippen LogP contribution in [0.1, 0.15) is 51.0 Å². The second-order valence-corrected chi connectivity index (χ2v) is 8.52. The van der Waals surface area contributed by atoms with Crippen LogP contribution in [0.4, 0.5) is 9.59 Å². The van der Waals surface area contributed by atoms with E-state index in [1.54, 1.807) is 25.1 Å². The van der Waals surface area contributed by atoms with Gasteiger partial charge in [-0.15, -0.1) is 0 Å². The number of rotatable bonds is 4. The maximum absolute atomic E-state index is 13.1. The van der Waals surface area contributed by atoms with Gasteiger partial charge in [-0.3, -0.25) is 19.8 Å². The summed E-state index contributed by atoms with van der Waals surface area (Å²) < 4.78 is 11.3. The van der Waals surface area contributed by atoms with Crippen molar-refractivity contribution in [2.75, 3.05) is 19.8 Å². The second-order valence-electron chi connectivity index (χ2n) is 8.52. The number of hydrogen-bond acceptors (Lipinski definition) is 6. The molecule has 0 radical (unpaired) electrons. The van der Waals surface area contributed by atoms with Gasteiger partial charge in [0.15, 0.2) is 11.5 Å². The lowest BCUT2D eigenvalue weighted by molar-refractivity contribution is -0.134. The Hall–Kier alpha value is -3.30. The van der Waals surface area contributed by atoms with Crippen molar-refractivity contribution in [2.24, 2.45) is 0 Å². The fraction of sp³-hybridized carbons (Fsp3) is 0.545. The molecule has 1 saturated heterocycles. The van der Waals surface area contributed by atoms with Crippen LogP contribution in [0.2, 0.25) is 0 Å². The van der Waals surface area contributed by atoms with E-state index in [1.165, 1.54) is 0 Å². The van der Waals surface area contributed by atoms with Crippen LogP contribution in [0, 0.1) is 0 Å². The highest BCUT2D eigenvalue weighted by Crippen LogP contribution is 2.36. The summed E-state index contributed by atoms with van der Waals surface area (Å²) in [4.78, 5) is 50.9. The molecule has 1 aromatic rings. The van der Waals surface area contributed by atoms with E-state index in [4.69, 9.17) is 9.47 Å². The smallest absolute Gasteiger partial charge is 0.325 e. The van der Waals surface area contributed by atoms with Gasteiger partial charge in [-0.2, -0.15) is 0 Å². The number of carbonyl (C=O) groups is 4. The van der Waals surface area contributed by atoms with Crippen LogP contribution >= 0.6 is 0 Å². The molecule has 1 saturated carbocycles. The summed E-state index contributed by atoms with van der Waals surface area (Å²) in [6.45, 7) is 2.04. The predicted molar refractivity (Wildman–Crippen MR) is 113 cm³/mol. The van der Waals surface area contributed by atoms with Gasteiger partial charge in [-0.1, -0.05) is 25.3 Å². The third-order valence-electron chi connectivity index (χ3n) is 6.09. The zero-order valence-corrected chi connectivity index (χ0v) is 18.1. The fourth-order valence-corrected chi connectivity index (χ4v) is 4.29. The van der Waals surface area contributed by atoms with E-state index in [-0.39, 0.29) is 6.04 Å². The monoisotopic (exact) mass is 444 g/mol. The molecule has 1 aliphatic carbocycles. The molecule has 1 aromatic carbocycles. The number of benzene rings is 1. The van der Waals surface area contributed by atoms with E-state index in [1.807, 2.05) is 0 Å². The Morgan fingerprint density at radius 3 is 2.56 bits per heavy atom. The van der Waals surface area contributed by atoms with Crippen molar-refractivity contribution in [3.63, 3.8) is 0 Å². The van der Waals surface area contributed by atoms with E-state index in [2.05, 4.69) is 16.0 Å². The molecule has 3 N–H and O–H groups in total. The molecule has 6 amide bonds. The van der Waals surface area contributed by atoms with Crippen LogP contribution in [0.3, 0.4) is 0 Å². The Morgan fingerprint density at radius 1 is 1.09 bits per heavy atom. The van der Waals surface area contributed by atoms with E-state index >= 15 is 0 Å². The van der Waals surface area contributed by atoms with E-state index in [9.17, 15) is 19.2 Å². The van der Waals surface area contributed by atoms with Crippen LogP contribution in [-0.4, -0.2) is 54.6 Å². The lowest BCUT2D eigenvalue weighted by Crippen LogP contribution is -2.49. The van der Waals surface area contributed by atoms with Crippen molar-refractivity contribution in [1.29, 1.82) is 0 Å². The Balaban J connectivity index is 1.40. The zero-order chi connectivity index (χ0) is 22.7. The minimum Gasteiger partial charge on any atom is -0.490 e. The number of nitrogens with zero attached hydrogens (tertiary/aromatic N) is 1. The number of urea groups is 2. The SMILES string of the molecule is CC1(c2ccc3c(c2)OCCCO3)NC(=O)N(CC(=O)NC(=O)NC2CCCCC2)C1=O. The molecule has 1 atom stereocenters. The van der Waals surface area contributed by atoms with Crippen molar-refractivity contribution in [3.8, 4) is 11.5 Å². The van der Waals surface area contributed by atoms with Gasteiger partial charge in [0.2, 0.25) is 5.91 Å². The van der Waals surface area contributed by atoms with Crippen molar-refractivity contribution >= 4 is 23.9 Å². The third kappa shape index (κ3) is 4.49. The first-order valence-corrected chi connectivity index (χ1v) is 11.0. The maximum atomic E-state index is 13.1. The highest BCUT2D eigenvalue weighted by Gasteiger charge is 2.49. The highest BCUT2D eigenvalue weighted by atomic mass is 16.5. The van der Waals surface area contributed by atoms with E-state index in [0.717, 1.165) is 43.4 Å². The third-order valence-corrected chi connectivity index (χ3v) is 6.09. The molecular formula is C22H28N4O6. The molecular weight excluding hydrogens is 416 g/mol. The summed E-state index contributed by atoms with van der Waals surface area (Å²) in [5.74, 6) is -0.241. The quantitative estimate of drug-likeness (QED) is 0.608. The summed E-state index contributed by atoms with van der Waals surface area (Å²) in [6.07, 6.45) is 5.73. The minimum atomic E-state index is -1.37. The van der Waals surface area contributed by atoms with Crippen LogP contribution in [0.5, 0.6) is 11.5 Å². The van der Waals surface area contributed by atoms with Gasteiger partial charge >= 0.3 is 12.1 Å². The number of imide groups is 2. The molecule has 4 rings (SSSR count). The van der Waals surface area contributed by atoms with Crippen LogP contribution in [0.15, 0.2) is 18.2 Å². The lowest BCUT2D eigenvalue weighted by atomic mass is 9.91. The van der Waals surface area contributed by atoms with E-state index in [0.29, 0.717) is 30.3 Å². The van der Waals surface area contributed by atoms with Crippen LogP contribution in [-0.2, 0) is 15.1 Å². The molecule has 172 valence electrons. The van der Waals surface area contributed by atoms with Crippen molar-refractivity contribution in [1.82, 2.24) is 20.9 Å². The molecule has 0 bridgehead atoms. The van der Waals surface area contributed by atoms with Crippen LogP contribution < -0.4 is 25.4 Å². The van der Waals surface area contributed by atoms with Crippen molar-refractivity contribution in [2.45, 2.75) is 57.0 Å². The zero-order valence-electron chi connectivity index (χ0n) is 18.1. The number of ether oxygens (including phenoxy) is 2. The molecule has 0 aromatic heterocycles. The van der Waals surface area contributed by atoms with Gasteiger partial charge in [0, 0.05) is 12.5 Å². The van der Waals surface area contributed by atoms with Crippen molar-refractivity contribution in [3.05, 3.63) is 23.8 Å². The molecule has 10 heteroatoms. The second kappa shape index (κ2) is 9.05. The molecule has 2 heterocycles. The number of nitrogens with one attached hydrogen (secondary N) is 3. The summed E-state index contributed by atoms with van der Waals surface area (Å²) in [5.41, 5.74) is -0.857. The Bertz CT molecular complexity index is 929. The van der Waals surface area contributed by atoms with Crippen molar-refractivity contribution < 1.29 is 28.7 Å². The number of hydrogen-bond donors (Lipinski definition) is 3. The Kier molecular flexibility index (Phi) is 6.20. The molecule has 0 spiro atoms. The van der Waals surface area contributed by atoms with E-state index < -0.39 is 36.0 Å². The van der Waals surface area contributed by atoms with Gasteiger partial charge in [-0.05, 0) is 37.5 Å². The molecule has 32 heavy (non-hydrogen) atoms. The molecule has 2 fully saturated rings. The Labute approximate surface area is 186 Å². The summed E-state index contributed by atoms with van der Waals surface area (Å²) in [5, 5.41) is 7.64. The lowest BCUT2D eigenvalue weighted by Gasteiger charge is -2.23. The van der Waals surface area contributed by atoms with Gasteiger partial charge in [0.1, 0.15) is 12.1 Å². The van der Waals surface area contributed by atoms with Crippen LogP contribution in [0.25, 0.3) is 0 Å². The number of amides is 6. The summed E-state index contributed by atoms with van der Waals surface area (Å²) >= 11 is 0. The molecule has 2 aliphatic heterocycles. The van der Waals surface area contributed by atoms with Gasteiger partial charge < -0.3 is 20.1 Å². The fourth-order valence-electron chi connectivity index (χ4n) is 4.29. The molecule has 10 nitrogen and oxygen atoms in total. The average molecular weight is 444 g/mol. The minimum absolute atomic E-state index is 0.0379. The topological polar surface area (TPSA) is 126 Å². The number of carbonyl (C=O) groups excluding carboxylic acids is 4. The standard InChI is InChI=1S/C22H28N4O6/c1-22(14-8-9-16-17(12-14)32-11-5-10-31-16)19(28)26(21(30)25-22)13-18(27)24-20(29)23-15-6-3-2-4-7-15/h8-9,12,15H,2-7,10-11,13H2,1H3,(H,25,30)(H2,23,24,27,29). The maximum Gasteiger partial charge on any atom is 0.325 e. The normalized spacial score (nSPS) is 23.3. The first kappa shape index (κ1) is 21.9. The summed E-state index contributed by atoms with van der Waals surface area (Å²) in [7, 11) is 0. The summed E-state index contributed by atoms with van der Waals surface area (Å²) in [6, 6.07) is 3.78. The van der Waals surface area contributed by atoms with Gasteiger partial charge in [-0.25, -0.2) is 9.59 Å². The Morgan fingerprint density at radius 2 is 1.81 bits per heavy atom. The largest absolute Gasteiger partial charge is 0.490 e. The first-order chi connectivity index (χ1) is 15.4. The molecule has 1 unspecified atom stereocenters. The van der Waals surface area contributed by atoms with Gasteiger partial charge in [0.05, 0.1) is 13.2 Å².